The first-order valence-electron chi connectivity index (χ1n) is 9.78. The van der Waals surface area contributed by atoms with Gasteiger partial charge in [0, 0.05) is 11.6 Å². The molecule has 1 atom stereocenters. The maximum atomic E-state index is 13.7. The summed E-state index contributed by atoms with van der Waals surface area (Å²) in [4.78, 5) is 25.5. The van der Waals surface area contributed by atoms with Crippen LogP contribution in [0.4, 0.5) is 17.6 Å². The van der Waals surface area contributed by atoms with Crippen molar-refractivity contribution in [3.05, 3.63) is 71.0 Å². The Morgan fingerprint density at radius 2 is 1.67 bits per heavy atom. The highest BCUT2D eigenvalue weighted by Gasteiger charge is 2.32. The van der Waals surface area contributed by atoms with E-state index in [-0.39, 0.29) is 17.2 Å². The van der Waals surface area contributed by atoms with Crippen LogP contribution in [0.25, 0.3) is 0 Å². The summed E-state index contributed by atoms with van der Waals surface area (Å²) in [5.74, 6) is -1.96. The first kappa shape index (κ1) is 21.8. The number of carbonyl (C=O) groups excluding carboxylic acids is 2. The lowest BCUT2D eigenvalue weighted by Gasteiger charge is -2.26. The second-order valence-electron chi connectivity index (χ2n) is 7.38. The fraction of sp³-hybridized carbons (Fsp3) is 0.364. The minimum atomic E-state index is -4.60. The van der Waals surface area contributed by atoms with Gasteiger partial charge < -0.3 is 10.6 Å². The molecule has 0 bridgehead atoms. The molecule has 0 spiro atoms. The molecule has 2 aromatic rings. The van der Waals surface area contributed by atoms with E-state index in [1.807, 2.05) is 0 Å². The van der Waals surface area contributed by atoms with Crippen LogP contribution in [0.5, 0.6) is 0 Å². The third-order valence-electron chi connectivity index (χ3n) is 5.12. The number of nitrogens with one attached hydrogen (secondary N) is 2. The van der Waals surface area contributed by atoms with Gasteiger partial charge in [-0.05, 0) is 48.7 Å². The highest BCUT2D eigenvalue weighted by molar-refractivity contribution is 5.98. The summed E-state index contributed by atoms with van der Waals surface area (Å²) in [5.41, 5.74) is -0.996. The van der Waals surface area contributed by atoms with Crippen LogP contribution in [0.1, 0.15) is 59.6 Å². The lowest BCUT2D eigenvalue weighted by atomic mass is 9.95. The molecule has 0 aromatic heterocycles. The number of carbonyl (C=O) groups is 2. The Labute approximate surface area is 171 Å². The van der Waals surface area contributed by atoms with E-state index in [0.717, 1.165) is 56.4 Å². The molecule has 2 N–H and O–H groups in total. The molecule has 0 aliphatic heterocycles. The molecule has 2 aromatic carbocycles. The Morgan fingerprint density at radius 1 is 0.967 bits per heavy atom. The average Bonchev–Trinajstić information content (AvgIpc) is 2.72. The zero-order chi connectivity index (χ0) is 21.7. The number of benzene rings is 2. The fourth-order valence-electron chi connectivity index (χ4n) is 3.57. The van der Waals surface area contributed by atoms with Crippen LogP contribution in [0.2, 0.25) is 0 Å². The quantitative estimate of drug-likeness (QED) is 0.683. The Hall–Kier alpha value is -2.90. The summed E-state index contributed by atoms with van der Waals surface area (Å²) in [6.07, 6.45) is 0.0628. The van der Waals surface area contributed by atoms with Gasteiger partial charge in [0.2, 0.25) is 5.91 Å². The Morgan fingerprint density at radius 3 is 2.33 bits per heavy atom. The molecule has 4 nitrogen and oxygen atoms in total. The molecule has 2 amide bonds. The minimum absolute atomic E-state index is 0.0484. The van der Waals surface area contributed by atoms with Gasteiger partial charge in [-0.15, -0.1) is 0 Å². The molecule has 0 saturated heterocycles. The third kappa shape index (κ3) is 5.58. The van der Waals surface area contributed by atoms with Crippen LogP contribution in [0.15, 0.2) is 48.5 Å². The van der Waals surface area contributed by atoms with Crippen molar-refractivity contribution in [2.24, 2.45) is 0 Å². The van der Waals surface area contributed by atoms with E-state index in [0.29, 0.717) is 0 Å². The average molecular weight is 422 g/mol. The highest BCUT2D eigenvalue weighted by atomic mass is 19.4. The monoisotopic (exact) mass is 422 g/mol. The van der Waals surface area contributed by atoms with Gasteiger partial charge in [-0.25, -0.2) is 4.39 Å². The molecule has 1 saturated carbocycles. The summed E-state index contributed by atoms with van der Waals surface area (Å²) in [7, 11) is 0. The van der Waals surface area contributed by atoms with Gasteiger partial charge in [-0.3, -0.25) is 9.59 Å². The summed E-state index contributed by atoms with van der Waals surface area (Å²) in [6.45, 7) is 0. The smallest absolute Gasteiger partial charge is 0.351 e. The molecule has 0 radical (unpaired) electrons. The van der Waals surface area contributed by atoms with E-state index in [2.05, 4.69) is 10.6 Å². The lowest BCUT2D eigenvalue weighted by molar-refractivity contribution is -0.137. The zero-order valence-electron chi connectivity index (χ0n) is 16.1. The molecule has 1 aliphatic carbocycles. The summed E-state index contributed by atoms with van der Waals surface area (Å²) in [6, 6.07) is 7.86. The lowest BCUT2D eigenvalue weighted by Crippen LogP contribution is -2.45. The van der Waals surface area contributed by atoms with Crippen LogP contribution in [-0.4, -0.2) is 17.9 Å². The molecule has 1 unspecified atom stereocenters. The zero-order valence-corrected chi connectivity index (χ0v) is 16.1. The summed E-state index contributed by atoms with van der Waals surface area (Å²) in [5, 5.41) is 5.33. The molecule has 0 heterocycles. The van der Waals surface area contributed by atoms with Crippen molar-refractivity contribution in [2.45, 2.75) is 50.4 Å². The predicted octanol–water partition coefficient (Wildman–Crippen LogP) is 4.76. The van der Waals surface area contributed by atoms with Gasteiger partial charge in [0.25, 0.3) is 5.91 Å². The van der Waals surface area contributed by atoms with Crippen LogP contribution in [-0.2, 0) is 11.0 Å². The summed E-state index contributed by atoms with van der Waals surface area (Å²) >= 11 is 0. The normalized spacial score (nSPS) is 16.0. The minimum Gasteiger partial charge on any atom is -0.351 e. The maximum Gasteiger partial charge on any atom is 0.416 e. The van der Waals surface area contributed by atoms with E-state index < -0.39 is 35.4 Å². The van der Waals surface area contributed by atoms with E-state index in [1.165, 1.54) is 24.3 Å². The number of hydrogen-bond donors (Lipinski definition) is 2. The van der Waals surface area contributed by atoms with Crippen molar-refractivity contribution >= 4 is 11.8 Å². The Kier molecular flexibility index (Phi) is 6.74. The van der Waals surface area contributed by atoms with E-state index in [1.54, 1.807) is 0 Å². The maximum absolute atomic E-state index is 13.7. The van der Waals surface area contributed by atoms with Gasteiger partial charge in [0.05, 0.1) is 5.56 Å². The molecule has 1 fully saturated rings. The van der Waals surface area contributed by atoms with Gasteiger partial charge in [0.1, 0.15) is 11.9 Å². The molecule has 160 valence electrons. The molecule has 30 heavy (non-hydrogen) atoms. The molecule has 1 aliphatic rings. The fourth-order valence-corrected chi connectivity index (χ4v) is 3.57. The second-order valence-corrected chi connectivity index (χ2v) is 7.38. The third-order valence-corrected chi connectivity index (χ3v) is 5.12. The van der Waals surface area contributed by atoms with Crippen molar-refractivity contribution in [2.75, 3.05) is 0 Å². The van der Waals surface area contributed by atoms with Crippen molar-refractivity contribution in [1.82, 2.24) is 10.6 Å². The number of alkyl halides is 3. The highest BCUT2D eigenvalue weighted by Crippen LogP contribution is 2.29. The van der Waals surface area contributed by atoms with Gasteiger partial charge in [-0.2, -0.15) is 13.2 Å². The number of amides is 2. The van der Waals surface area contributed by atoms with Crippen LogP contribution in [0.3, 0.4) is 0 Å². The van der Waals surface area contributed by atoms with E-state index in [9.17, 15) is 27.2 Å². The second kappa shape index (κ2) is 9.28. The summed E-state index contributed by atoms with van der Waals surface area (Å²) < 4.78 is 52.6. The predicted molar refractivity (Wildman–Crippen MR) is 103 cm³/mol. The van der Waals surface area contributed by atoms with Crippen molar-refractivity contribution in [1.29, 1.82) is 0 Å². The number of halogens is 4. The van der Waals surface area contributed by atoms with Crippen molar-refractivity contribution in [3.8, 4) is 0 Å². The number of rotatable bonds is 5. The molecular weight excluding hydrogens is 400 g/mol. The topological polar surface area (TPSA) is 58.2 Å². The van der Waals surface area contributed by atoms with Crippen molar-refractivity contribution in [3.63, 3.8) is 0 Å². The molecule has 3 rings (SSSR count). The van der Waals surface area contributed by atoms with Crippen LogP contribution >= 0.6 is 0 Å². The Balaban J connectivity index is 1.83. The first-order chi connectivity index (χ1) is 14.2. The van der Waals surface area contributed by atoms with Gasteiger partial charge in [0.15, 0.2) is 0 Å². The van der Waals surface area contributed by atoms with Crippen LogP contribution < -0.4 is 10.6 Å². The molecular formula is C22H22F4N2O2. The standard InChI is InChI=1S/C22H22F4N2O2/c23-17-9-5-6-14(13-17)19(21(30)27-18-10-2-1-3-11-18)28-20(29)15-7-4-8-16(12-15)22(24,25)26/h4-9,12-13,18-19H,1-3,10-11H2,(H,27,30)(H,28,29). The SMILES string of the molecule is O=C(NC(C(=O)NC1CCCCC1)c1cccc(F)c1)c1cccc(C(F)(F)F)c1. The number of hydrogen-bond acceptors (Lipinski definition) is 2. The van der Waals surface area contributed by atoms with Crippen LogP contribution in [0, 0.1) is 5.82 Å². The molecule has 8 heteroatoms. The van der Waals surface area contributed by atoms with Crippen molar-refractivity contribution < 1.29 is 27.2 Å². The van der Waals surface area contributed by atoms with Gasteiger partial charge >= 0.3 is 6.18 Å². The Bertz CT molecular complexity index is 908. The van der Waals surface area contributed by atoms with Gasteiger partial charge in [-0.1, -0.05) is 37.5 Å². The van der Waals surface area contributed by atoms with E-state index >= 15 is 0 Å². The first-order valence-corrected chi connectivity index (χ1v) is 9.78. The largest absolute Gasteiger partial charge is 0.416 e. The van der Waals surface area contributed by atoms with E-state index in [4.69, 9.17) is 0 Å².